The van der Waals surface area contributed by atoms with Crippen LogP contribution in [0, 0.1) is 0 Å². The Balaban J connectivity index is 3.07. The first kappa shape index (κ1) is 10.3. The molecule has 0 saturated carbocycles. The summed E-state index contributed by atoms with van der Waals surface area (Å²) in [5.74, 6) is 0. The molecule has 0 radical (unpaired) electrons. The summed E-state index contributed by atoms with van der Waals surface area (Å²) >= 11 is 14.8. The van der Waals surface area contributed by atoms with Crippen molar-refractivity contribution in [2.75, 3.05) is 5.33 Å². The molecule has 1 nitrogen and oxygen atoms in total. The Kier molecular flexibility index (Phi) is 3.84. The van der Waals surface area contributed by atoms with Crippen LogP contribution in [0.15, 0.2) is 18.2 Å². The molecule has 0 aliphatic carbocycles. The van der Waals surface area contributed by atoms with Crippen LogP contribution >= 0.6 is 39.1 Å². The first-order valence-corrected chi connectivity index (χ1v) is 5.22. The van der Waals surface area contributed by atoms with E-state index in [0.717, 1.165) is 0 Å². The van der Waals surface area contributed by atoms with Crippen LogP contribution in [0.1, 0.15) is 11.7 Å². The molecule has 12 heavy (non-hydrogen) atoms. The predicted octanol–water partition coefficient (Wildman–Crippen LogP) is 3.42. The average molecular weight is 270 g/mol. The molecule has 0 heterocycles. The van der Waals surface area contributed by atoms with Gasteiger partial charge in [-0.25, -0.2) is 0 Å². The summed E-state index contributed by atoms with van der Waals surface area (Å²) in [4.78, 5) is 0. The smallest absolute Gasteiger partial charge is 0.0901 e. The number of aliphatic hydroxyl groups excluding tert-OH is 1. The Labute approximate surface area is 89.4 Å². The van der Waals surface area contributed by atoms with Crippen molar-refractivity contribution in [2.45, 2.75) is 6.10 Å². The summed E-state index contributed by atoms with van der Waals surface area (Å²) < 4.78 is 0. The minimum atomic E-state index is -0.601. The normalized spacial score (nSPS) is 13.0. The van der Waals surface area contributed by atoms with Crippen LogP contribution in [0.3, 0.4) is 0 Å². The molecule has 66 valence electrons. The van der Waals surface area contributed by atoms with E-state index in [1.54, 1.807) is 18.2 Å². The van der Waals surface area contributed by atoms with Crippen LogP contribution < -0.4 is 0 Å². The number of hydrogen-bond acceptors (Lipinski definition) is 1. The number of aliphatic hydroxyl groups is 1. The predicted molar refractivity (Wildman–Crippen MR) is 55.2 cm³/mol. The molecule has 0 saturated heterocycles. The van der Waals surface area contributed by atoms with Crippen molar-refractivity contribution in [1.82, 2.24) is 0 Å². The van der Waals surface area contributed by atoms with E-state index in [9.17, 15) is 5.11 Å². The Morgan fingerprint density at radius 3 is 2.67 bits per heavy atom. The second-order valence-electron chi connectivity index (χ2n) is 2.31. The quantitative estimate of drug-likeness (QED) is 0.816. The molecule has 0 unspecified atom stereocenters. The van der Waals surface area contributed by atoms with Gasteiger partial charge in [0.25, 0.3) is 0 Å². The van der Waals surface area contributed by atoms with Gasteiger partial charge in [0.05, 0.1) is 16.1 Å². The van der Waals surface area contributed by atoms with Crippen molar-refractivity contribution in [3.63, 3.8) is 0 Å². The molecular formula is C8H7BrCl2O. The van der Waals surface area contributed by atoms with Gasteiger partial charge in [-0.2, -0.15) is 0 Å². The molecule has 1 rings (SSSR count). The second kappa shape index (κ2) is 4.47. The highest BCUT2D eigenvalue weighted by atomic mass is 79.9. The Morgan fingerprint density at radius 2 is 2.08 bits per heavy atom. The molecular weight excluding hydrogens is 263 g/mol. The summed E-state index contributed by atoms with van der Waals surface area (Å²) in [6, 6.07) is 5.20. The van der Waals surface area contributed by atoms with Crippen molar-refractivity contribution < 1.29 is 5.11 Å². The van der Waals surface area contributed by atoms with E-state index in [4.69, 9.17) is 23.2 Å². The van der Waals surface area contributed by atoms with Crippen LogP contribution in [-0.2, 0) is 0 Å². The summed E-state index contributed by atoms with van der Waals surface area (Å²) in [6.07, 6.45) is -0.601. The molecule has 0 aromatic heterocycles. The maximum atomic E-state index is 9.44. The van der Waals surface area contributed by atoms with E-state index in [2.05, 4.69) is 15.9 Å². The van der Waals surface area contributed by atoms with Gasteiger partial charge in [-0.3, -0.25) is 0 Å². The van der Waals surface area contributed by atoms with Crippen molar-refractivity contribution in [1.29, 1.82) is 0 Å². The molecule has 0 spiro atoms. The maximum absolute atomic E-state index is 9.44. The van der Waals surface area contributed by atoms with Gasteiger partial charge in [0.2, 0.25) is 0 Å². The Bertz CT molecular complexity index is 278. The van der Waals surface area contributed by atoms with Gasteiger partial charge in [-0.15, -0.1) is 0 Å². The molecule has 0 amide bonds. The van der Waals surface area contributed by atoms with Crippen molar-refractivity contribution >= 4 is 39.1 Å². The van der Waals surface area contributed by atoms with Crippen LogP contribution in [0.4, 0.5) is 0 Å². The molecule has 1 atom stereocenters. The zero-order valence-corrected chi connectivity index (χ0v) is 9.20. The van der Waals surface area contributed by atoms with Gasteiger partial charge in [0.15, 0.2) is 0 Å². The van der Waals surface area contributed by atoms with Crippen molar-refractivity contribution in [3.8, 4) is 0 Å². The lowest BCUT2D eigenvalue weighted by Crippen LogP contribution is -1.98. The fourth-order valence-electron chi connectivity index (χ4n) is 0.861. The molecule has 0 aliphatic rings. The first-order valence-electron chi connectivity index (χ1n) is 3.34. The maximum Gasteiger partial charge on any atom is 0.0901 e. The van der Waals surface area contributed by atoms with E-state index in [1.165, 1.54) is 0 Å². The first-order chi connectivity index (χ1) is 5.66. The molecule has 0 bridgehead atoms. The largest absolute Gasteiger partial charge is 0.387 e. The van der Waals surface area contributed by atoms with Crippen molar-refractivity contribution in [2.24, 2.45) is 0 Å². The number of hydrogen-bond donors (Lipinski definition) is 1. The summed E-state index contributed by atoms with van der Waals surface area (Å²) in [5.41, 5.74) is 0.654. The van der Waals surface area contributed by atoms with Gasteiger partial charge >= 0.3 is 0 Å². The third-order valence-corrected chi connectivity index (χ3v) is 2.93. The van der Waals surface area contributed by atoms with Crippen LogP contribution in [0.2, 0.25) is 10.0 Å². The van der Waals surface area contributed by atoms with E-state index >= 15 is 0 Å². The SMILES string of the molecule is O[C@H](CBr)c1cccc(Cl)c1Cl. The summed E-state index contributed by atoms with van der Waals surface area (Å²) in [5, 5.41) is 10.8. The number of rotatable bonds is 2. The molecule has 0 aliphatic heterocycles. The zero-order chi connectivity index (χ0) is 9.14. The van der Waals surface area contributed by atoms with E-state index in [-0.39, 0.29) is 0 Å². The fourth-order valence-corrected chi connectivity index (χ4v) is 1.64. The lowest BCUT2D eigenvalue weighted by molar-refractivity contribution is 0.205. The monoisotopic (exact) mass is 268 g/mol. The highest BCUT2D eigenvalue weighted by molar-refractivity contribution is 9.09. The fraction of sp³-hybridized carbons (Fsp3) is 0.250. The molecule has 0 fully saturated rings. The second-order valence-corrected chi connectivity index (χ2v) is 3.75. The molecule has 1 aromatic carbocycles. The van der Waals surface area contributed by atoms with Gasteiger partial charge < -0.3 is 5.11 Å². The third kappa shape index (κ3) is 2.13. The van der Waals surface area contributed by atoms with Crippen LogP contribution in [0.5, 0.6) is 0 Å². The minimum absolute atomic E-state index is 0.422. The lowest BCUT2D eigenvalue weighted by atomic mass is 10.1. The number of benzene rings is 1. The number of alkyl halides is 1. The number of halogens is 3. The molecule has 4 heteroatoms. The standard InChI is InChI=1S/C8H7BrCl2O/c9-4-7(12)5-2-1-3-6(10)8(5)11/h1-3,7,12H,4H2/t7-/m1/s1. The van der Waals surface area contributed by atoms with E-state index in [0.29, 0.717) is 20.9 Å². The lowest BCUT2D eigenvalue weighted by Gasteiger charge is -2.09. The molecule has 1 N–H and O–H groups in total. The Hall–Kier alpha value is 0.240. The van der Waals surface area contributed by atoms with Gasteiger partial charge in [-0.1, -0.05) is 51.3 Å². The minimum Gasteiger partial charge on any atom is -0.387 e. The zero-order valence-electron chi connectivity index (χ0n) is 6.10. The Morgan fingerprint density at radius 1 is 1.42 bits per heavy atom. The van der Waals surface area contributed by atoms with Crippen molar-refractivity contribution in [3.05, 3.63) is 33.8 Å². The highest BCUT2D eigenvalue weighted by Crippen LogP contribution is 2.30. The summed E-state index contributed by atoms with van der Waals surface area (Å²) in [6.45, 7) is 0. The molecule has 1 aromatic rings. The van der Waals surface area contributed by atoms with Gasteiger partial charge in [-0.05, 0) is 6.07 Å². The van der Waals surface area contributed by atoms with Crippen LogP contribution in [0.25, 0.3) is 0 Å². The van der Waals surface area contributed by atoms with Gasteiger partial charge in [0.1, 0.15) is 0 Å². The summed E-state index contributed by atoms with van der Waals surface area (Å²) in [7, 11) is 0. The topological polar surface area (TPSA) is 20.2 Å². The van der Waals surface area contributed by atoms with Crippen LogP contribution in [-0.4, -0.2) is 10.4 Å². The van der Waals surface area contributed by atoms with E-state index < -0.39 is 6.10 Å². The van der Waals surface area contributed by atoms with E-state index in [1.807, 2.05) is 0 Å². The third-order valence-electron chi connectivity index (χ3n) is 1.49. The average Bonchev–Trinajstić information content (AvgIpc) is 2.08. The van der Waals surface area contributed by atoms with Gasteiger partial charge in [0, 0.05) is 10.9 Å². The highest BCUT2D eigenvalue weighted by Gasteiger charge is 2.11.